The van der Waals surface area contributed by atoms with Crippen molar-refractivity contribution >= 4 is 29.9 Å². The van der Waals surface area contributed by atoms with Crippen LogP contribution >= 0.6 is 24.0 Å². The predicted octanol–water partition coefficient (Wildman–Crippen LogP) is 3.72. The van der Waals surface area contributed by atoms with E-state index in [9.17, 15) is 4.39 Å². The van der Waals surface area contributed by atoms with Gasteiger partial charge in [-0.2, -0.15) is 0 Å². The van der Waals surface area contributed by atoms with Crippen LogP contribution in [0.2, 0.25) is 0 Å². The first-order chi connectivity index (χ1) is 12.9. The van der Waals surface area contributed by atoms with Gasteiger partial charge in [0.15, 0.2) is 5.96 Å². The van der Waals surface area contributed by atoms with Crippen molar-refractivity contribution < 1.29 is 9.13 Å². The number of benzene rings is 2. The maximum absolute atomic E-state index is 13.9. The summed E-state index contributed by atoms with van der Waals surface area (Å²) >= 11 is 0. The van der Waals surface area contributed by atoms with Crippen LogP contribution in [0.5, 0.6) is 5.75 Å². The molecule has 0 aliphatic carbocycles. The number of nitrogens with zero attached hydrogens (tertiary/aromatic N) is 3. The molecule has 0 fully saturated rings. The Hall–Kier alpha value is -1.87. The van der Waals surface area contributed by atoms with Crippen LogP contribution in [0.25, 0.3) is 0 Å². The van der Waals surface area contributed by atoms with E-state index in [1.54, 1.807) is 20.2 Å². The van der Waals surface area contributed by atoms with Crippen molar-refractivity contribution in [1.82, 2.24) is 15.1 Å². The van der Waals surface area contributed by atoms with Gasteiger partial charge in [0.05, 0.1) is 7.11 Å². The highest BCUT2D eigenvalue weighted by Crippen LogP contribution is 2.19. The van der Waals surface area contributed by atoms with Gasteiger partial charge in [0, 0.05) is 44.9 Å². The summed E-state index contributed by atoms with van der Waals surface area (Å²) in [5.74, 6) is 1.44. The number of hydrogen-bond donors (Lipinski definition) is 1. The maximum Gasteiger partial charge on any atom is 0.193 e. The summed E-state index contributed by atoms with van der Waals surface area (Å²) in [5, 5.41) is 3.34. The van der Waals surface area contributed by atoms with Gasteiger partial charge in [-0.15, -0.1) is 24.0 Å². The summed E-state index contributed by atoms with van der Waals surface area (Å²) in [6, 6.07) is 13.2. The fraction of sp³-hybridized carbons (Fsp3) is 0.381. The molecule has 0 saturated heterocycles. The van der Waals surface area contributed by atoms with Gasteiger partial charge in [-0.25, -0.2) is 4.39 Å². The van der Waals surface area contributed by atoms with E-state index in [2.05, 4.69) is 10.3 Å². The van der Waals surface area contributed by atoms with E-state index in [1.807, 2.05) is 61.3 Å². The second-order valence-electron chi connectivity index (χ2n) is 6.73. The molecule has 154 valence electrons. The van der Waals surface area contributed by atoms with Crippen molar-refractivity contribution in [1.29, 1.82) is 0 Å². The summed E-state index contributed by atoms with van der Waals surface area (Å²) in [7, 11) is 9.26. The molecule has 0 spiro atoms. The van der Waals surface area contributed by atoms with Gasteiger partial charge >= 0.3 is 0 Å². The molecule has 0 saturated carbocycles. The molecule has 7 heteroatoms. The molecule has 0 bridgehead atoms. The van der Waals surface area contributed by atoms with Crippen molar-refractivity contribution in [3.63, 3.8) is 0 Å². The first-order valence-corrected chi connectivity index (χ1v) is 8.90. The number of para-hydroxylation sites is 1. The van der Waals surface area contributed by atoms with E-state index in [1.165, 1.54) is 6.07 Å². The number of rotatable bonds is 7. The van der Waals surface area contributed by atoms with Crippen molar-refractivity contribution in [2.75, 3.05) is 35.3 Å². The Bertz CT molecular complexity index is 783. The molecule has 0 atom stereocenters. The Morgan fingerprint density at radius 1 is 1.07 bits per heavy atom. The highest BCUT2D eigenvalue weighted by atomic mass is 127. The summed E-state index contributed by atoms with van der Waals surface area (Å²) in [6.45, 7) is 1.81. The highest BCUT2D eigenvalue weighted by Gasteiger charge is 2.11. The van der Waals surface area contributed by atoms with Crippen molar-refractivity contribution in [3.05, 3.63) is 65.0 Å². The highest BCUT2D eigenvalue weighted by molar-refractivity contribution is 14.0. The third-order valence-corrected chi connectivity index (χ3v) is 4.22. The molecular formula is C21H30FIN4O. The molecule has 0 aliphatic rings. The first kappa shape index (κ1) is 24.2. The van der Waals surface area contributed by atoms with Crippen LogP contribution in [0, 0.1) is 5.82 Å². The Kier molecular flexibility index (Phi) is 10.2. The first-order valence-electron chi connectivity index (χ1n) is 8.90. The molecular weight excluding hydrogens is 470 g/mol. The average molecular weight is 500 g/mol. The molecule has 0 radical (unpaired) electrons. The fourth-order valence-electron chi connectivity index (χ4n) is 2.93. The Balaban J connectivity index is 0.00000392. The molecule has 5 nitrogen and oxygen atoms in total. The second-order valence-corrected chi connectivity index (χ2v) is 6.73. The van der Waals surface area contributed by atoms with Gasteiger partial charge in [0.2, 0.25) is 0 Å². The minimum Gasteiger partial charge on any atom is -0.496 e. The maximum atomic E-state index is 13.9. The number of nitrogens with one attached hydrogen (secondary N) is 1. The van der Waals surface area contributed by atoms with Crippen LogP contribution in [0.3, 0.4) is 0 Å². The third kappa shape index (κ3) is 6.94. The largest absolute Gasteiger partial charge is 0.496 e. The lowest BCUT2D eigenvalue weighted by molar-refractivity contribution is 0.392. The van der Waals surface area contributed by atoms with Crippen LogP contribution in [-0.4, -0.2) is 51.1 Å². The zero-order chi connectivity index (χ0) is 19.8. The smallest absolute Gasteiger partial charge is 0.193 e. The number of hydrogen-bond acceptors (Lipinski definition) is 3. The standard InChI is InChI=1S/C21H29FN4O.HI/c1-23-21(26(4)15-17-8-6-7-9-20(17)27-5)24-13-16-10-11-19(22)18(12-16)14-25(2)3;/h6-12H,13-15H2,1-5H3,(H,23,24);1H. The summed E-state index contributed by atoms with van der Waals surface area (Å²) in [4.78, 5) is 8.34. The number of aliphatic imine (C=N–C) groups is 1. The van der Waals surface area contributed by atoms with Crippen LogP contribution < -0.4 is 10.1 Å². The van der Waals surface area contributed by atoms with Gasteiger partial charge in [-0.05, 0) is 37.9 Å². The lowest BCUT2D eigenvalue weighted by atomic mass is 10.1. The molecule has 0 unspecified atom stereocenters. The molecule has 2 aromatic carbocycles. The lowest BCUT2D eigenvalue weighted by Gasteiger charge is -2.23. The second kappa shape index (κ2) is 11.9. The molecule has 0 heterocycles. The third-order valence-electron chi connectivity index (χ3n) is 4.22. The zero-order valence-corrected chi connectivity index (χ0v) is 19.5. The van der Waals surface area contributed by atoms with E-state index >= 15 is 0 Å². The van der Waals surface area contributed by atoms with Crippen LogP contribution in [0.1, 0.15) is 16.7 Å². The van der Waals surface area contributed by atoms with Crippen LogP contribution in [0.4, 0.5) is 4.39 Å². The lowest BCUT2D eigenvalue weighted by Crippen LogP contribution is -2.38. The Morgan fingerprint density at radius 3 is 2.43 bits per heavy atom. The predicted molar refractivity (Wildman–Crippen MR) is 124 cm³/mol. The zero-order valence-electron chi connectivity index (χ0n) is 17.2. The quantitative estimate of drug-likeness (QED) is 0.358. The van der Waals surface area contributed by atoms with Gasteiger partial charge in [0.1, 0.15) is 11.6 Å². The van der Waals surface area contributed by atoms with Gasteiger partial charge in [-0.3, -0.25) is 4.99 Å². The van der Waals surface area contributed by atoms with Gasteiger partial charge < -0.3 is 19.9 Å². The van der Waals surface area contributed by atoms with Crippen LogP contribution in [0.15, 0.2) is 47.5 Å². The van der Waals surface area contributed by atoms with E-state index < -0.39 is 0 Å². The number of halogens is 2. The summed E-state index contributed by atoms with van der Waals surface area (Å²) in [5.41, 5.74) is 2.79. The SMILES string of the molecule is CN=C(NCc1ccc(F)c(CN(C)C)c1)N(C)Cc1ccccc1OC.I. The van der Waals surface area contributed by atoms with E-state index in [-0.39, 0.29) is 29.8 Å². The topological polar surface area (TPSA) is 40.1 Å². The molecule has 2 rings (SSSR count). The van der Waals surface area contributed by atoms with E-state index in [0.717, 1.165) is 22.8 Å². The number of methoxy groups -OCH3 is 1. The fourth-order valence-corrected chi connectivity index (χ4v) is 2.93. The van der Waals surface area contributed by atoms with E-state index in [4.69, 9.17) is 4.74 Å². The summed E-state index contributed by atoms with van der Waals surface area (Å²) < 4.78 is 19.4. The summed E-state index contributed by atoms with van der Waals surface area (Å²) in [6.07, 6.45) is 0. The number of guanidine groups is 1. The molecule has 1 N–H and O–H groups in total. The normalized spacial score (nSPS) is 11.2. The van der Waals surface area contributed by atoms with Gasteiger partial charge in [-0.1, -0.05) is 24.3 Å². The molecule has 0 aliphatic heterocycles. The Morgan fingerprint density at radius 2 is 1.79 bits per heavy atom. The average Bonchev–Trinajstić information content (AvgIpc) is 2.64. The van der Waals surface area contributed by atoms with Crippen molar-refractivity contribution in [3.8, 4) is 5.75 Å². The van der Waals surface area contributed by atoms with Crippen molar-refractivity contribution in [2.24, 2.45) is 4.99 Å². The monoisotopic (exact) mass is 500 g/mol. The molecule has 28 heavy (non-hydrogen) atoms. The van der Waals surface area contributed by atoms with Crippen molar-refractivity contribution in [2.45, 2.75) is 19.6 Å². The van der Waals surface area contributed by atoms with Crippen LogP contribution in [-0.2, 0) is 19.6 Å². The molecule has 0 amide bonds. The van der Waals surface area contributed by atoms with E-state index in [0.29, 0.717) is 25.2 Å². The Labute approximate surface area is 184 Å². The molecule has 0 aromatic heterocycles. The molecule has 2 aromatic rings. The minimum absolute atomic E-state index is 0. The van der Waals surface area contributed by atoms with Gasteiger partial charge in [0.25, 0.3) is 0 Å². The minimum atomic E-state index is -0.176. The number of ether oxygens (including phenoxy) is 1.